The van der Waals surface area contributed by atoms with E-state index in [2.05, 4.69) is 15.5 Å². The van der Waals surface area contributed by atoms with E-state index in [-0.39, 0.29) is 21.6 Å². The summed E-state index contributed by atoms with van der Waals surface area (Å²) in [7, 11) is 0. The number of nitro benzene ring substituents is 1. The molecule has 0 atom stereocenters. The van der Waals surface area contributed by atoms with Gasteiger partial charge in [-0.05, 0) is 24.1 Å². The number of carbonyl (C=O) groups is 1. The van der Waals surface area contributed by atoms with Crippen LogP contribution in [0.2, 0.25) is 0 Å². The zero-order valence-corrected chi connectivity index (χ0v) is 16.3. The minimum Gasteiger partial charge on any atom is -0.346 e. The first-order valence-electron chi connectivity index (χ1n) is 8.22. The van der Waals surface area contributed by atoms with Gasteiger partial charge in [0.15, 0.2) is 5.01 Å². The van der Waals surface area contributed by atoms with Gasteiger partial charge in [0.05, 0.1) is 9.96 Å². The molecule has 0 spiro atoms. The molecule has 142 valence electrons. The highest BCUT2D eigenvalue weighted by molar-refractivity contribution is 7.15. The van der Waals surface area contributed by atoms with Gasteiger partial charge in [-0.15, -0.1) is 10.2 Å². The molecule has 0 aliphatic rings. The van der Waals surface area contributed by atoms with Gasteiger partial charge in [0.1, 0.15) is 0 Å². The fourth-order valence-corrected chi connectivity index (χ4v) is 3.33. The lowest BCUT2D eigenvalue weighted by atomic mass is 10.1. The molecule has 0 aliphatic carbocycles. The van der Waals surface area contributed by atoms with Gasteiger partial charge < -0.3 is 5.32 Å². The smallest absolute Gasteiger partial charge is 0.282 e. The quantitative estimate of drug-likeness (QED) is 0.475. The molecule has 3 rings (SSSR count). The zero-order valence-electron chi connectivity index (χ0n) is 14.8. The molecule has 0 saturated carbocycles. The molecule has 28 heavy (non-hydrogen) atoms. The lowest BCUT2D eigenvalue weighted by Crippen LogP contribution is -2.22. The Bertz CT molecular complexity index is 1050. The van der Waals surface area contributed by atoms with Gasteiger partial charge in [0, 0.05) is 18.2 Å². The number of nitro groups is 1. The average Bonchev–Trinajstić information content (AvgIpc) is 3.18. The Balaban J connectivity index is 1.72. The Labute approximate surface area is 169 Å². The summed E-state index contributed by atoms with van der Waals surface area (Å²) < 4.78 is 0. The summed E-state index contributed by atoms with van der Waals surface area (Å²) in [4.78, 5) is 22.8. The van der Waals surface area contributed by atoms with E-state index >= 15 is 0 Å². The van der Waals surface area contributed by atoms with Gasteiger partial charge in [-0.25, -0.2) is 0 Å². The number of rotatable bonds is 6. The monoisotopic (exact) mass is 414 g/mol. The predicted molar refractivity (Wildman–Crippen MR) is 109 cm³/mol. The summed E-state index contributed by atoms with van der Waals surface area (Å²) in [6.45, 7) is 2.05. The second kappa shape index (κ2) is 8.73. The number of aromatic nitrogens is 2. The van der Waals surface area contributed by atoms with Crippen LogP contribution in [0, 0.1) is 17.0 Å². The van der Waals surface area contributed by atoms with Gasteiger partial charge in [-0.1, -0.05) is 65.4 Å². The molecular weight excluding hydrogens is 400 g/mol. The molecule has 0 radical (unpaired) electrons. The third-order valence-electron chi connectivity index (χ3n) is 3.84. The molecule has 1 aromatic heterocycles. The first-order chi connectivity index (χ1) is 13.4. The van der Waals surface area contributed by atoms with Crippen molar-refractivity contribution in [3.63, 3.8) is 0 Å². The number of aryl methyl sites for hydroxylation is 1. The highest BCUT2D eigenvalue weighted by atomic mass is 35.5. The largest absolute Gasteiger partial charge is 0.346 e. The zero-order chi connectivity index (χ0) is 20.1. The molecule has 1 heterocycles. The Morgan fingerprint density at radius 1 is 1.21 bits per heavy atom. The maximum atomic E-state index is 12.2. The molecule has 9 heteroatoms. The number of carbonyl (C=O) groups excluding carboxylic acids is 1. The van der Waals surface area contributed by atoms with E-state index in [1.165, 1.54) is 6.07 Å². The molecule has 0 saturated heterocycles. The normalized spacial score (nSPS) is 11.3. The van der Waals surface area contributed by atoms with Crippen molar-refractivity contribution in [3.05, 3.63) is 85.4 Å². The summed E-state index contributed by atoms with van der Waals surface area (Å²) in [6, 6.07) is 14.3. The third kappa shape index (κ3) is 4.79. The van der Waals surface area contributed by atoms with Crippen molar-refractivity contribution in [1.82, 2.24) is 15.5 Å². The van der Waals surface area contributed by atoms with Crippen molar-refractivity contribution in [2.45, 2.75) is 13.5 Å². The van der Waals surface area contributed by atoms with Crippen LogP contribution in [0.3, 0.4) is 0 Å². The van der Waals surface area contributed by atoms with Gasteiger partial charge >= 0.3 is 0 Å². The summed E-state index contributed by atoms with van der Waals surface area (Å²) in [5.74, 6) is -0.344. The Kier molecular flexibility index (Phi) is 6.13. The van der Waals surface area contributed by atoms with Crippen molar-refractivity contribution in [1.29, 1.82) is 0 Å². The number of hydrogen-bond donors (Lipinski definition) is 1. The van der Waals surface area contributed by atoms with Crippen LogP contribution in [0.25, 0.3) is 11.1 Å². The number of halogens is 1. The fourth-order valence-electron chi connectivity index (χ4n) is 2.39. The highest BCUT2D eigenvalue weighted by Crippen LogP contribution is 2.27. The molecule has 3 aromatic rings. The minimum atomic E-state index is -0.444. The van der Waals surface area contributed by atoms with Crippen molar-refractivity contribution in [2.24, 2.45) is 0 Å². The van der Waals surface area contributed by atoms with Crippen LogP contribution in [-0.4, -0.2) is 21.0 Å². The standard InChI is InChI=1S/C19H15ClN4O3S/c1-12-7-8-14(10-16(12)24(26)27)9-15(20)18-22-23-19(28-18)17(25)21-11-13-5-3-2-4-6-13/h2-10H,11H2,1H3,(H,21,25)/b15-9-. The number of hydrogen-bond acceptors (Lipinski definition) is 6. The van der Waals surface area contributed by atoms with Crippen molar-refractivity contribution in [2.75, 3.05) is 0 Å². The van der Waals surface area contributed by atoms with E-state index in [9.17, 15) is 14.9 Å². The minimum absolute atomic E-state index is 0.0106. The van der Waals surface area contributed by atoms with Gasteiger partial charge in [0.2, 0.25) is 5.01 Å². The van der Waals surface area contributed by atoms with Crippen molar-refractivity contribution in [3.8, 4) is 0 Å². The maximum Gasteiger partial charge on any atom is 0.282 e. The topological polar surface area (TPSA) is 98.0 Å². The van der Waals surface area contributed by atoms with Crippen molar-refractivity contribution < 1.29 is 9.72 Å². The number of benzene rings is 2. The molecule has 0 fully saturated rings. The first kappa shape index (κ1) is 19.7. The van der Waals surface area contributed by atoms with Gasteiger partial charge in [-0.2, -0.15) is 0 Å². The number of nitrogens with zero attached hydrogens (tertiary/aromatic N) is 3. The van der Waals surface area contributed by atoms with Crippen LogP contribution in [0.4, 0.5) is 5.69 Å². The number of amides is 1. The highest BCUT2D eigenvalue weighted by Gasteiger charge is 2.15. The average molecular weight is 415 g/mol. The Hall–Kier alpha value is -3.10. The van der Waals surface area contributed by atoms with Crippen molar-refractivity contribution >= 4 is 45.6 Å². The molecule has 0 aliphatic heterocycles. The summed E-state index contributed by atoms with van der Waals surface area (Å²) >= 11 is 7.32. The maximum absolute atomic E-state index is 12.2. The molecule has 1 amide bonds. The first-order valence-corrected chi connectivity index (χ1v) is 9.41. The van der Waals surface area contributed by atoms with Crippen LogP contribution in [-0.2, 0) is 6.54 Å². The molecule has 1 N–H and O–H groups in total. The van der Waals surface area contributed by atoms with E-state index in [1.807, 2.05) is 30.3 Å². The van der Waals surface area contributed by atoms with Gasteiger partial charge in [-0.3, -0.25) is 14.9 Å². The SMILES string of the molecule is Cc1ccc(/C=C(\Cl)c2nnc(C(=O)NCc3ccccc3)s2)cc1[N+](=O)[O-]. The van der Waals surface area contributed by atoms with E-state index in [1.54, 1.807) is 25.1 Å². The summed E-state index contributed by atoms with van der Waals surface area (Å²) in [5.41, 5.74) is 2.11. The van der Waals surface area contributed by atoms with E-state index in [0.29, 0.717) is 22.7 Å². The lowest BCUT2D eigenvalue weighted by Gasteiger charge is -2.02. The Morgan fingerprint density at radius 3 is 2.64 bits per heavy atom. The lowest BCUT2D eigenvalue weighted by molar-refractivity contribution is -0.385. The van der Waals surface area contributed by atoms with Crippen LogP contribution in [0.1, 0.15) is 31.5 Å². The van der Waals surface area contributed by atoms with E-state index in [0.717, 1.165) is 16.9 Å². The molecule has 0 unspecified atom stereocenters. The summed E-state index contributed by atoms with van der Waals surface area (Å²) in [5, 5.41) is 22.4. The molecule has 2 aromatic carbocycles. The van der Waals surface area contributed by atoms with Crippen LogP contribution < -0.4 is 5.32 Å². The van der Waals surface area contributed by atoms with Crippen LogP contribution in [0.15, 0.2) is 48.5 Å². The summed E-state index contributed by atoms with van der Waals surface area (Å²) in [6.07, 6.45) is 1.56. The molecule has 7 nitrogen and oxygen atoms in total. The second-order valence-corrected chi connectivity index (χ2v) is 7.26. The fraction of sp³-hybridized carbons (Fsp3) is 0.105. The van der Waals surface area contributed by atoms with E-state index in [4.69, 9.17) is 11.6 Å². The Morgan fingerprint density at radius 2 is 1.93 bits per heavy atom. The second-order valence-electron chi connectivity index (χ2n) is 5.88. The van der Waals surface area contributed by atoms with Crippen LogP contribution in [0.5, 0.6) is 0 Å². The predicted octanol–water partition coefficient (Wildman–Crippen LogP) is 4.42. The third-order valence-corrected chi connectivity index (χ3v) is 5.20. The number of nitrogens with one attached hydrogen (secondary N) is 1. The van der Waals surface area contributed by atoms with Crippen LogP contribution >= 0.6 is 22.9 Å². The van der Waals surface area contributed by atoms with E-state index < -0.39 is 4.92 Å². The molecular formula is C19H15ClN4O3S. The van der Waals surface area contributed by atoms with Gasteiger partial charge in [0.25, 0.3) is 11.6 Å². The molecule has 0 bridgehead atoms.